The van der Waals surface area contributed by atoms with Crippen LogP contribution in [-0.2, 0) is 6.42 Å². The molecule has 0 radical (unpaired) electrons. The fourth-order valence-electron chi connectivity index (χ4n) is 2.57. The van der Waals surface area contributed by atoms with Crippen LogP contribution >= 0.6 is 0 Å². The average molecular weight is 294 g/mol. The first-order valence-corrected chi connectivity index (χ1v) is 7.92. The predicted molar refractivity (Wildman–Crippen MR) is 87.4 cm³/mol. The van der Waals surface area contributed by atoms with Crippen LogP contribution in [0.1, 0.15) is 45.1 Å². The third-order valence-electron chi connectivity index (χ3n) is 3.64. The molecule has 1 atom stereocenters. The van der Waals surface area contributed by atoms with Gasteiger partial charge in [0.15, 0.2) is 0 Å². The van der Waals surface area contributed by atoms with Gasteiger partial charge in [-0.1, -0.05) is 38.8 Å². The Morgan fingerprint density at radius 1 is 1.24 bits per heavy atom. The van der Waals surface area contributed by atoms with E-state index in [4.69, 9.17) is 16.2 Å². The van der Waals surface area contributed by atoms with Gasteiger partial charge in [-0.2, -0.15) is 0 Å². The maximum atomic E-state index is 10.6. The van der Waals surface area contributed by atoms with Gasteiger partial charge in [-0.25, -0.2) is 0 Å². The normalized spacial score (nSPS) is 13.2. The van der Waals surface area contributed by atoms with Crippen molar-refractivity contribution >= 4 is 0 Å². The van der Waals surface area contributed by atoms with Crippen molar-refractivity contribution in [2.24, 2.45) is 11.5 Å². The molecule has 4 heteroatoms. The first kappa shape index (κ1) is 18.0. The van der Waals surface area contributed by atoms with E-state index in [1.54, 1.807) is 0 Å². The summed E-state index contributed by atoms with van der Waals surface area (Å²) in [5.41, 5.74) is 11.8. The monoisotopic (exact) mass is 294 g/mol. The highest BCUT2D eigenvalue weighted by molar-refractivity contribution is 5.29. The molecule has 0 saturated carbocycles. The molecule has 0 aliphatic heterocycles. The quantitative estimate of drug-likeness (QED) is 0.618. The van der Waals surface area contributed by atoms with Gasteiger partial charge >= 0.3 is 0 Å². The molecule has 21 heavy (non-hydrogen) atoms. The van der Waals surface area contributed by atoms with Crippen LogP contribution in [0.4, 0.5) is 0 Å². The second kappa shape index (κ2) is 9.03. The summed E-state index contributed by atoms with van der Waals surface area (Å²) in [6, 6.07) is 7.83. The largest absolute Gasteiger partial charge is 0.491 e. The van der Waals surface area contributed by atoms with Crippen LogP contribution in [-0.4, -0.2) is 29.9 Å². The van der Waals surface area contributed by atoms with E-state index < -0.39 is 5.60 Å². The van der Waals surface area contributed by atoms with Crippen molar-refractivity contribution in [2.45, 2.75) is 57.6 Å². The van der Waals surface area contributed by atoms with E-state index >= 15 is 0 Å². The van der Waals surface area contributed by atoms with Gasteiger partial charge in [-0.05, 0) is 37.0 Å². The summed E-state index contributed by atoms with van der Waals surface area (Å²) < 4.78 is 5.81. The Labute approximate surface area is 128 Å². The number of nitrogens with two attached hydrogens (primary N) is 2. The van der Waals surface area contributed by atoms with Crippen molar-refractivity contribution in [1.82, 2.24) is 0 Å². The van der Waals surface area contributed by atoms with Crippen molar-refractivity contribution in [3.8, 4) is 5.75 Å². The summed E-state index contributed by atoms with van der Waals surface area (Å²) in [5.74, 6) is 0.780. The topological polar surface area (TPSA) is 81.5 Å². The highest BCUT2D eigenvalue weighted by Crippen LogP contribution is 2.22. The molecule has 0 unspecified atom stereocenters. The second-order valence-corrected chi connectivity index (χ2v) is 5.86. The minimum absolute atomic E-state index is 0.0302. The van der Waals surface area contributed by atoms with E-state index in [1.165, 1.54) is 0 Å². The molecule has 1 rings (SSSR count). The van der Waals surface area contributed by atoms with E-state index in [1.807, 2.05) is 24.3 Å². The number of hydrogen-bond acceptors (Lipinski definition) is 4. The summed E-state index contributed by atoms with van der Waals surface area (Å²) in [6.45, 7) is 4.96. The fraction of sp³-hybridized carbons (Fsp3) is 0.647. The zero-order valence-corrected chi connectivity index (χ0v) is 13.3. The average Bonchev–Trinajstić information content (AvgIpc) is 2.46. The van der Waals surface area contributed by atoms with E-state index in [0.717, 1.165) is 43.4 Å². The molecule has 0 amide bonds. The van der Waals surface area contributed by atoms with Crippen molar-refractivity contribution in [3.05, 3.63) is 29.8 Å². The molecule has 4 nitrogen and oxygen atoms in total. The first-order chi connectivity index (χ1) is 10.0. The second-order valence-electron chi connectivity index (χ2n) is 5.86. The third-order valence-corrected chi connectivity index (χ3v) is 3.64. The molecule has 0 fully saturated rings. The number of rotatable bonds is 10. The van der Waals surface area contributed by atoms with E-state index in [2.05, 4.69) is 13.8 Å². The lowest BCUT2D eigenvalue weighted by Gasteiger charge is -2.27. The van der Waals surface area contributed by atoms with Crippen LogP contribution in [0.5, 0.6) is 5.75 Å². The van der Waals surface area contributed by atoms with Crippen molar-refractivity contribution < 1.29 is 9.84 Å². The Bertz CT molecular complexity index is 404. The molecule has 1 aromatic rings. The fourth-order valence-corrected chi connectivity index (χ4v) is 2.57. The van der Waals surface area contributed by atoms with Gasteiger partial charge in [0.2, 0.25) is 0 Å². The van der Waals surface area contributed by atoms with Gasteiger partial charge in [0.1, 0.15) is 12.4 Å². The molecular weight excluding hydrogens is 264 g/mol. The van der Waals surface area contributed by atoms with Crippen LogP contribution in [0.25, 0.3) is 0 Å². The number of aliphatic hydroxyl groups is 1. The Balaban J connectivity index is 2.63. The molecule has 0 saturated heterocycles. The third kappa shape index (κ3) is 6.46. The molecule has 0 bridgehead atoms. The highest BCUT2D eigenvalue weighted by Gasteiger charge is 2.25. The Kier molecular flexibility index (Phi) is 7.72. The Morgan fingerprint density at radius 2 is 1.90 bits per heavy atom. The SMILES string of the molecule is CCCC(O)(CCC)COc1cccc(C[C@H](N)CN)c1. The maximum absolute atomic E-state index is 10.6. The van der Waals surface area contributed by atoms with E-state index in [0.29, 0.717) is 13.2 Å². The smallest absolute Gasteiger partial charge is 0.119 e. The Hall–Kier alpha value is -1.10. The summed E-state index contributed by atoms with van der Waals surface area (Å²) in [5, 5.41) is 10.6. The zero-order valence-electron chi connectivity index (χ0n) is 13.3. The Morgan fingerprint density at radius 3 is 2.48 bits per heavy atom. The molecule has 0 spiro atoms. The van der Waals surface area contributed by atoms with Gasteiger partial charge in [-0.15, -0.1) is 0 Å². The van der Waals surface area contributed by atoms with Crippen molar-refractivity contribution in [3.63, 3.8) is 0 Å². The lowest BCUT2D eigenvalue weighted by Crippen LogP contribution is -2.35. The van der Waals surface area contributed by atoms with Gasteiger partial charge in [0.25, 0.3) is 0 Å². The summed E-state index contributed by atoms with van der Waals surface area (Å²) in [7, 11) is 0. The van der Waals surface area contributed by atoms with Crippen molar-refractivity contribution in [1.29, 1.82) is 0 Å². The van der Waals surface area contributed by atoms with E-state index in [9.17, 15) is 5.11 Å². The maximum Gasteiger partial charge on any atom is 0.119 e. The van der Waals surface area contributed by atoms with Crippen LogP contribution in [0.2, 0.25) is 0 Å². The minimum Gasteiger partial charge on any atom is -0.491 e. The predicted octanol–water partition coefficient (Wildman–Crippen LogP) is 2.23. The summed E-state index contributed by atoms with van der Waals surface area (Å²) >= 11 is 0. The summed E-state index contributed by atoms with van der Waals surface area (Å²) in [6.07, 6.45) is 4.16. The molecule has 0 heterocycles. The van der Waals surface area contributed by atoms with Gasteiger partial charge in [0, 0.05) is 12.6 Å². The lowest BCUT2D eigenvalue weighted by molar-refractivity contribution is -0.0202. The van der Waals surface area contributed by atoms with Crippen LogP contribution in [0, 0.1) is 0 Å². The molecule has 1 aromatic carbocycles. The molecule has 5 N–H and O–H groups in total. The number of hydrogen-bond donors (Lipinski definition) is 3. The number of benzene rings is 1. The molecule has 0 aliphatic carbocycles. The lowest BCUT2D eigenvalue weighted by atomic mass is 9.94. The standard InChI is InChI=1S/C17H30N2O2/c1-3-8-17(20,9-4-2)13-21-16-7-5-6-14(11-16)10-15(19)12-18/h5-7,11,15,20H,3-4,8-10,12-13,18-19H2,1-2H3/t15-/m0/s1. The minimum atomic E-state index is -0.729. The van der Waals surface area contributed by atoms with Crippen molar-refractivity contribution in [2.75, 3.05) is 13.2 Å². The zero-order chi connectivity index (χ0) is 15.7. The first-order valence-electron chi connectivity index (χ1n) is 7.92. The van der Waals surface area contributed by atoms with Gasteiger partial charge in [0.05, 0.1) is 5.60 Å². The summed E-state index contributed by atoms with van der Waals surface area (Å²) in [4.78, 5) is 0. The molecule has 0 aliphatic rings. The molecular formula is C17H30N2O2. The van der Waals surface area contributed by atoms with Gasteiger partial charge < -0.3 is 21.3 Å². The van der Waals surface area contributed by atoms with E-state index in [-0.39, 0.29) is 6.04 Å². The molecule has 120 valence electrons. The highest BCUT2D eigenvalue weighted by atomic mass is 16.5. The number of ether oxygens (including phenoxy) is 1. The van der Waals surface area contributed by atoms with Gasteiger partial charge in [-0.3, -0.25) is 0 Å². The van der Waals surface area contributed by atoms with Crippen LogP contribution < -0.4 is 16.2 Å². The molecule has 0 aromatic heterocycles. The van der Waals surface area contributed by atoms with Crippen LogP contribution in [0.3, 0.4) is 0 Å². The van der Waals surface area contributed by atoms with Crippen LogP contribution in [0.15, 0.2) is 24.3 Å².